The fourth-order valence-corrected chi connectivity index (χ4v) is 2.12. The molecule has 0 aliphatic rings. The first-order valence-electron chi connectivity index (χ1n) is 5.11. The predicted molar refractivity (Wildman–Crippen MR) is 69.0 cm³/mol. The van der Waals surface area contributed by atoms with Gasteiger partial charge in [-0.2, -0.15) is 13.2 Å². The molecule has 2 aromatic carbocycles. The molecule has 0 atom stereocenters. The van der Waals surface area contributed by atoms with Crippen molar-refractivity contribution in [2.75, 3.05) is 5.73 Å². The molecule has 0 saturated heterocycles. The van der Waals surface area contributed by atoms with Crippen LogP contribution in [-0.4, -0.2) is 0 Å². The number of rotatable bonds is 1. The number of nitrogens with two attached hydrogens (primary N) is 1. The third kappa shape index (κ3) is 2.51. The van der Waals surface area contributed by atoms with Gasteiger partial charge in [-0.1, -0.05) is 40.2 Å². The summed E-state index contributed by atoms with van der Waals surface area (Å²) in [7, 11) is 0. The summed E-state index contributed by atoms with van der Waals surface area (Å²) in [4.78, 5) is 0. The highest BCUT2D eigenvalue weighted by atomic mass is 79.9. The van der Waals surface area contributed by atoms with Crippen molar-refractivity contribution in [2.45, 2.75) is 6.18 Å². The van der Waals surface area contributed by atoms with E-state index in [1.807, 2.05) is 0 Å². The average Bonchev–Trinajstić information content (AvgIpc) is 2.28. The third-order valence-electron chi connectivity index (χ3n) is 2.54. The third-order valence-corrected chi connectivity index (χ3v) is 3.03. The molecule has 2 N–H and O–H groups in total. The summed E-state index contributed by atoms with van der Waals surface area (Å²) in [5.41, 5.74) is 5.87. The first kappa shape index (κ1) is 13.0. The Morgan fingerprint density at radius 2 is 1.61 bits per heavy atom. The van der Waals surface area contributed by atoms with Crippen molar-refractivity contribution in [1.82, 2.24) is 0 Å². The van der Waals surface area contributed by atoms with E-state index in [-0.39, 0.29) is 5.56 Å². The summed E-state index contributed by atoms with van der Waals surface area (Å²) in [5.74, 6) is 0. The molecule has 0 saturated carbocycles. The van der Waals surface area contributed by atoms with E-state index < -0.39 is 11.7 Å². The molecule has 0 bridgehead atoms. The molecule has 0 aliphatic heterocycles. The maximum atomic E-state index is 12.9. The van der Waals surface area contributed by atoms with Gasteiger partial charge in [-0.25, -0.2) is 0 Å². The Kier molecular flexibility index (Phi) is 3.34. The SMILES string of the molecule is Nc1cc(Br)ccc1-c1ccccc1C(F)(F)F. The van der Waals surface area contributed by atoms with Gasteiger partial charge in [0.15, 0.2) is 0 Å². The highest BCUT2D eigenvalue weighted by molar-refractivity contribution is 9.10. The largest absolute Gasteiger partial charge is 0.417 e. The van der Waals surface area contributed by atoms with Crippen molar-refractivity contribution in [2.24, 2.45) is 0 Å². The molecule has 1 nitrogen and oxygen atoms in total. The number of benzene rings is 2. The van der Waals surface area contributed by atoms with Crippen LogP contribution in [0.2, 0.25) is 0 Å². The maximum absolute atomic E-state index is 12.9. The van der Waals surface area contributed by atoms with Crippen LogP contribution in [0.1, 0.15) is 5.56 Å². The standard InChI is InChI=1S/C13H9BrF3N/c14-8-5-6-10(12(18)7-8)9-3-1-2-4-11(9)13(15,16)17/h1-7H,18H2. The van der Waals surface area contributed by atoms with Gasteiger partial charge < -0.3 is 5.73 Å². The molecule has 0 aliphatic carbocycles. The molecule has 0 heterocycles. The topological polar surface area (TPSA) is 26.0 Å². The summed E-state index contributed by atoms with van der Waals surface area (Å²) in [6.45, 7) is 0. The molecule has 0 fully saturated rings. The number of halogens is 4. The molecule has 0 spiro atoms. The Hall–Kier alpha value is -1.49. The van der Waals surface area contributed by atoms with Crippen LogP contribution in [0.25, 0.3) is 11.1 Å². The van der Waals surface area contributed by atoms with E-state index in [9.17, 15) is 13.2 Å². The summed E-state index contributed by atoms with van der Waals surface area (Å²) in [6, 6.07) is 10.2. The molecule has 94 valence electrons. The van der Waals surface area contributed by atoms with Gasteiger partial charge in [-0.05, 0) is 23.8 Å². The summed E-state index contributed by atoms with van der Waals surface area (Å²) in [6.07, 6.45) is -4.39. The van der Waals surface area contributed by atoms with Crippen molar-refractivity contribution < 1.29 is 13.2 Å². The van der Waals surface area contributed by atoms with Crippen molar-refractivity contribution in [3.63, 3.8) is 0 Å². The van der Waals surface area contributed by atoms with Crippen molar-refractivity contribution in [1.29, 1.82) is 0 Å². The van der Waals surface area contributed by atoms with Crippen LogP contribution in [0.5, 0.6) is 0 Å². The Bertz CT molecular complexity index is 579. The number of alkyl halides is 3. The minimum absolute atomic E-state index is 0.0926. The number of nitrogen functional groups attached to an aromatic ring is 1. The highest BCUT2D eigenvalue weighted by Crippen LogP contribution is 2.39. The van der Waals surface area contributed by atoms with Gasteiger partial charge in [0.05, 0.1) is 5.56 Å². The Labute approximate surface area is 111 Å². The highest BCUT2D eigenvalue weighted by Gasteiger charge is 2.33. The lowest BCUT2D eigenvalue weighted by Gasteiger charge is -2.14. The van der Waals surface area contributed by atoms with Gasteiger partial charge >= 0.3 is 6.18 Å². The number of anilines is 1. The van der Waals surface area contributed by atoms with Crippen LogP contribution in [0, 0.1) is 0 Å². The lowest BCUT2D eigenvalue weighted by molar-refractivity contribution is -0.137. The Morgan fingerprint density at radius 1 is 0.944 bits per heavy atom. The second-order valence-corrected chi connectivity index (χ2v) is 4.69. The van der Waals surface area contributed by atoms with Gasteiger partial charge in [0.1, 0.15) is 0 Å². The quantitative estimate of drug-likeness (QED) is 0.757. The molecule has 2 aromatic rings. The summed E-state index contributed by atoms with van der Waals surface area (Å²) in [5, 5.41) is 0. The van der Waals surface area contributed by atoms with E-state index >= 15 is 0 Å². The van der Waals surface area contributed by atoms with E-state index in [1.54, 1.807) is 24.3 Å². The van der Waals surface area contributed by atoms with E-state index in [0.29, 0.717) is 11.3 Å². The van der Waals surface area contributed by atoms with Gasteiger partial charge in [0.25, 0.3) is 0 Å². The second kappa shape index (κ2) is 4.65. The van der Waals surface area contributed by atoms with Gasteiger partial charge in [0, 0.05) is 15.7 Å². The van der Waals surface area contributed by atoms with Crippen LogP contribution in [0.15, 0.2) is 46.9 Å². The second-order valence-electron chi connectivity index (χ2n) is 3.77. The summed E-state index contributed by atoms with van der Waals surface area (Å²) >= 11 is 3.22. The van der Waals surface area contributed by atoms with Gasteiger partial charge in [-0.15, -0.1) is 0 Å². The first-order valence-corrected chi connectivity index (χ1v) is 5.90. The normalized spacial score (nSPS) is 11.6. The fraction of sp³-hybridized carbons (Fsp3) is 0.0769. The maximum Gasteiger partial charge on any atom is 0.417 e. The molecule has 5 heteroatoms. The molecule has 0 radical (unpaired) electrons. The Morgan fingerprint density at radius 3 is 2.22 bits per heavy atom. The Balaban J connectivity index is 2.64. The van der Waals surface area contributed by atoms with E-state index in [1.165, 1.54) is 12.1 Å². The zero-order chi connectivity index (χ0) is 13.3. The fourth-order valence-electron chi connectivity index (χ4n) is 1.74. The van der Waals surface area contributed by atoms with Crippen LogP contribution in [0.4, 0.5) is 18.9 Å². The van der Waals surface area contributed by atoms with Crippen molar-refractivity contribution in [3.05, 3.63) is 52.5 Å². The van der Waals surface area contributed by atoms with Gasteiger partial charge in [0.2, 0.25) is 0 Å². The minimum atomic E-state index is -4.39. The van der Waals surface area contributed by atoms with Crippen LogP contribution >= 0.6 is 15.9 Å². The van der Waals surface area contributed by atoms with Crippen molar-refractivity contribution in [3.8, 4) is 11.1 Å². The predicted octanol–water partition coefficient (Wildman–Crippen LogP) is 4.72. The minimum Gasteiger partial charge on any atom is -0.398 e. The van der Waals surface area contributed by atoms with Crippen molar-refractivity contribution >= 4 is 21.6 Å². The molecular formula is C13H9BrF3N. The smallest absolute Gasteiger partial charge is 0.398 e. The number of hydrogen-bond donors (Lipinski definition) is 1. The molecule has 2 rings (SSSR count). The average molecular weight is 316 g/mol. The molecule has 18 heavy (non-hydrogen) atoms. The lowest BCUT2D eigenvalue weighted by Crippen LogP contribution is -2.07. The zero-order valence-corrected chi connectivity index (χ0v) is 10.7. The van der Waals surface area contributed by atoms with E-state index in [4.69, 9.17) is 5.73 Å². The van der Waals surface area contributed by atoms with Gasteiger partial charge in [-0.3, -0.25) is 0 Å². The first-order chi connectivity index (χ1) is 8.39. The lowest BCUT2D eigenvalue weighted by atomic mass is 9.98. The zero-order valence-electron chi connectivity index (χ0n) is 9.13. The van der Waals surface area contributed by atoms with E-state index in [2.05, 4.69) is 15.9 Å². The molecule has 0 aromatic heterocycles. The molecule has 0 amide bonds. The van der Waals surface area contributed by atoms with E-state index in [0.717, 1.165) is 10.5 Å². The number of hydrogen-bond acceptors (Lipinski definition) is 1. The van der Waals surface area contributed by atoms with Crippen LogP contribution in [0.3, 0.4) is 0 Å². The molecule has 0 unspecified atom stereocenters. The summed E-state index contributed by atoms with van der Waals surface area (Å²) < 4.78 is 39.4. The molecular weight excluding hydrogens is 307 g/mol. The van der Waals surface area contributed by atoms with Crippen LogP contribution < -0.4 is 5.73 Å². The van der Waals surface area contributed by atoms with Crippen LogP contribution in [-0.2, 0) is 6.18 Å². The monoisotopic (exact) mass is 315 g/mol.